The lowest BCUT2D eigenvalue weighted by molar-refractivity contribution is -0.142. The van der Waals surface area contributed by atoms with Gasteiger partial charge < -0.3 is 10.4 Å². The molecule has 0 aliphatic heterocycles. The average molecular weight is 371 g/mol. The SMILES string of the molecule is Cc1nn(CC(C)C)c(C)c1CC(=O)Nc1ccc(C(C)(C)C(=O)O)cc1. The number of nitrogens with zero attached hydrogens (tertiary/aromatic N) is 2. The van der Waals surface area contributed by atoms with E-state index in [-0.39, 0.29) is 12.3 Å². The third-order valence-electron chi connectivity index (χ3n) is 4.83. The summed E-state index contributed by atoms with van der Waals surface area (Å²) in [6.07, 6.45) is 0.262. The van der Waals surface area contributed by atoms with Crippen molar-refractivity contribution in [2.45, 2.75) is 59.9 Å². The molecular weight excluding hydrogens is 342 g/mol. The number of amides is 1. The fourth-order valence-corrected chi connectivity index (χ4v) is 2.97. The molecule has 0 saturated carbocycles. The number of anilines is 1. The topological polar surface area (TPSA) is 84.2 Å². The Labute approximate surface area is 160 Å². The van der Waals surface area contributed by atoms with Gasteiger partial charge in [-0.2, -0.15) is 5.10 Å². The average Bonchev–Trinajstić information content (AvgIpc) is 2.82. The first kappa shape index (κ1) is 20.7. The third-order valence-corrected chi connectivity index (χ3v) is 4.83. The highest BCUT2D eigenvalue weighted by Gasteiger charge is 2.29. The second-order valence-corrected chi connectivity index (χ2v) is 7.96. The largest absolute Gasteiger partial charge is 0.481 e. The predicted molar refractivity (Wildman–Crippen MR) is 106 cm³/mol. The molecule has 6 heteroatoms. The molecule has 2 N–H and O–H groups in total. The van der Waals surface area contributed by atoms with Gasteiger partial charge in [0.15, 0.2) is 0 Å². The van der Waals surface area contributed by atoms with E-state index in [1.165, 1.54) is 0 Å². The molecule has 27 heavy (non-hydrogen) atoms. The molecule has 0 atom stereocenters. The summed E-state index contributed by atoms with van der Waals surface area (Å²) in [4.78, 5) is 23.8. The monoisotopic (exact) mass is 371 g/mol. The molecule has 0 spiro atoms. The Kier molecular flexibility index (Phi) is 6.08. The molecule has 0 saturated heterocycles. The van der Waals surface area contributed by atoms with E-state index < -0.39 is 11.4 Å². The van der Waals surface area contributed by atoms with Crippen LogP contribution in [0.15, 0.2) is 24.3 Å². The summed E-state index contributed by atoms with van der Waals surface area (Å²) in [7, 11) is 0. The molecule has 146 valence electrons. The smallest absolute Gasteiger partial charge is 0.313 e. The number of aryl methyl sites for hydroxylation is 1. The predicted octanol–water partition coefficient (Wildman–Crippen LogP) is 3.70. The van der Waals surface area contributed by atoms with Crippen molar-refractivity contribution in [3.05, 3.63) is 46.8 Å². The van der Waals surface area contributed by atoms with Crippen molar-refractivity contribution in [1.29, 1.82) is 0 Å². The maximum absolute atomic E-state index is 12.5. The quantitative estimate of drug-likeness (QED) is 0.777. The van der Waals surface area contributed by atoms with Gasteiger partial charge in [-0.3, -0.25) is 14.3 Å². The van der Waals surface area contributed by atoms with Crippen LogP contribution < -0.4 is 5.32 Å². The Balaban J connectivity index is 2.08. The fraction of sp³-hybridized carbons (Fsp3) is 0.476. The van der Waals surface area contributed by atoms with Gasteiger partial charge in [0.1, 0.15) is 0 Å². The van der Waals surface area contributed by atoms with Crippen LogP contribution in [-0.2, 0) is 28.0 Å². The van der Waals surface area contributed by atoms with Gasteiger partial charge in [0, 0.05) is 23.5 Å². The normalized spacial score (nSPS) is 11.7. The van der Waals surface area contributed by atoms with Crippen LogP contribution in [0.1, 0.15) is 50.2 Å². The van der Waals surface area contributed by atoms with Crippen molar-refractivity contribution >= 4 is 17.6 Å². The Hall–Kier alpha value is -2.63. The number of carboxylic acids is 1. The van der Waals surface area contributed by atoms with Crippen LogP contribution in [0, 0.1) is 19.8 Å². The zero-order valence-electron chi connectivity index (χ0n) is 17.0. The zero-order valence-corrected chi connectivity index (χ0v) is 17.0. The van der Waals surface area contributed by atoms with Gasteiger partial charge in [0.05, 0.1) is 17.5 Å². The molecule has 2 aromatic rings. The summed E-state index contributed by atoms with van der Waals surface area (Å²) >= 11 is 0. The zero-order chi connectivity index (χ0) is 20.4. The van der Waals surface area contributed by atoms with Gasteiger partial charge >= 0.3 is 5.97 Å². The van der Waals surface area contributed by atoms with Crippen LogP contribution >= 0.6 is 0 Å². The van der Waals surface area contributed by atoms with E-state index in [0.29, 0.717) is 17.2 Å². The highest BCUT2D eigenvalue weighted by atomic mass is 16.4. The molecule has 1 heterocycles. The summed E-state index contributed by atoms with van der Waals surface area (Å²) < 4.78 is 1.96. The van der Waals surface area contributed by atoms with Gasteiger partial charge in [-0.25, -0.2) is 0 Å². The molecule has 0 fully saturated rings. The Morgan fingerprint density at radius 3 is 2.30 bits per heavy atom. The van der Waals surface area contributed by atoms with E-state index in [9.17, 15) is 14.7 Å². The van der Waals surface area contributed by atoms with Gasteiger partial charge in [-0.05, 0) is 51.3 Å². The van der Waals surface area contributed by atoms with Crippen LogP contribution in [0.25, 0.3) is 0 Å². The van der Waals surface area contributed by atoms with Crippen molar-refractivity contribution in [3.8, 4) is 0 Å². The van der Waals surface area contributed by atoms with Crippen molar-refractivity contribution in [2.75, 3.05) is 5.32 Å². The molecule has 1 aromatic carbocycles. The van der Waals surface area contributed by atoms with E-state index in [4.69, 9.17) is 0 Å². The summed E-state index contributed by atoms with van der Waals surface area (Å²) in [6, 6.07) is 6.95. The number of carboxylic acid groups (broad SMARTS) is 1. The van der Waals surface area contributed by atoms with Crippen molar-refractivity contribution < 1.29 is 14.7 Å². The highest BCUT2D eigenvalue weighted by molar-refractivity contribution is 5.92. The summed E-state index contributed by atoms with van der Waals surface area (Å²) in [5, 5.41) is 16.7. The minimum Gasteiger partial charge on any atom is -0.481 e. The number of aliphatic carboxylic acids is 1. The lowest BCUT2D eigenvalue weighted by Gasteiger charge is -2.19. The number of nitrogens with one attached hydrogen (secondary N) is 1. The summed E-state index contributed by atoms with van der Waals surface area (Å²) in [5.74, 6) is -0.516. The van der Waals surface area contributed by atoms with E-state index in [2.05, 4.69) is 24.3 Å². The first-order valence-electron chi connectivity index (χ1n) is 9.19. The standard InChI is InChI=1S/C21H29N3O3/c1-13(2)12-24-15(4)18(14(3)23-24)11-19(25)22-17-9-7-16(8-10-17)21(5,6)20(26)27/h7-10,13H,11-12H2,1-6H3,(H,22,25)(H,26,27). The molecule has 1 amide bonds. The maximum Gasteiger partial charge on any atom is 0.313 e. The Bertz CT molecular complexity index is 833. The van der Waals surface area contributed by atoms with E-state index in [1.54, 1.807) is 38.1 Å². The van der Waals surface area contributed by atoms with Crippen LogP contribution in [0.3, 0.4) is 0 Å². The van der Waals surface area contributed by atoms with Gasteiger partial charge in [0.25, 0.3) is 0 Å². The van der Waals surface area contributed by atoms with Crippen molar-refractivity contribution in [2.24, 2.45) is 5.92 Å². The molecular formula is C21H29N3O3. The Morgan fingerprint density at radius 1 is 1.19 bits per heavy atom. The number of hydrogen-bond acceptors (Lipinski definition) is 3. The fourth-order valence-electron chi connectivity index (χ4n) is 2.97. The highest BCUT2D eigenvalue weighted by Crippen LogP contribution is 2.25. The minimum atomic E-state index is -0.970. The molecule has 2 rings (SSSR count). The molecule has 0 unspecified atom stereocenters. The Morgan fingerprint density at radius 2 is 1.78 bits per heavy atom. The number of rotatable bonds is 7. The second-order valence-electron chi connectivity index (χ2n) is 7.96. The summed E-state index contributed by atoms with van der Waals surface area (Å²) in [6.45, 7) is 12.3. The van der Waals surface area contributed by atoms with E-state index in [1.807, 2.05) is 18.5 Å². The van der Waals surface area contributed by atoms with E-state index >= 15 is 0 Å². The molecule has 1 aromatic heterocycles. The van der Waals surface area contributed by atoms with Crippen LogP contribution in [0.5, 0.6) is 0 Å². The molecule has 0 bridgehead atoms. The van der Waals surface area contributed by atoms with Gasteiger partial charge in [-0.15, -0.1) is 0 Å². The molecule has 0 aliphatic rings. The molecule has 0 aliphatic carbocycles. The van der Waals surface area contributed by atoms with Gasteiger partial charge in [-0.1, -0.05) is 26.0 Å². The number of aromatic nitrogens is 2. The maximum atomic E-state index is 12.5. The number of carbonyl (C=O) groups is 2. The second kappa shape index (κ2) is 7.94. The van der Waals surface area contributed by atoms with Gasteiger partial charge in [0.2, 0.25) is 5.91 Å². The lowest BCUT2D eigenvalue weighted by atomic mass is 9.85. The van der Waals surface area contributed by atoms with E-state index in [0.717, 1.165) is 23.5 Å². The van der Waals surface area contributed by atoms with Crippen molar-refractivity contribution in [1.82, 2.24) is 9.78 Å². The summed E-state index contributed by atoms with van der Waals surface area (Å²) in [5.41, 5.74) is 3.22. The molecule has 6 nitrogen and oxygen atoms in total. The van der Waals surface area contributed by atoms with Crippen molar-refractivity contribution in [3.63, 3.8) is 0 Å². The first-order chi connectivity index (χ1) is 12.5. The third kappa shape index (κ3) is 4.76. The number of hydrogen-bond donors (Lipinski definition) is 2. The lowest BCUT2D eigenvalue weighted by Crippen LogP contribution is -2.28. The van der Waals surface area contributed by atoms with Crippen LogP contribution in [0.2, 0.25) is 0 Å². The van der Waals surface area contributed by atoms with Crippen LogP contribution in [0.4, 0.5) is 5.69 Å². The van der Waals surface area contributed by atoms with Crippen LogP contribution in [-0.4, -0.2) is 26.8 Å². The number of carbonyl (C=O) groups excluding carboxylic acids is 1. The molecule has 0 radical (unpaired) electrons. The number of benzene rings is 1. The minimum absolute atomic E-state index is 0.115. The first-order valence-corrected chi connectivity index (χ1v) is 9.19.